The highest BCUT2D eigenvalue weighted by molar-refractivity contribution is 5.82. The van der Waals surface area contributed by atoms with Crippen molar-refractivity contribution in [3.05, 3.63) is 35.4 Å². The molecule has 0 N–H and O–H groups in total. The Morgan fingerprint density at radius 2 is 2.11 bits per heavy atom. The SMILES string of the molecule is CCOC(=O)CN=Cc1cccc(C(C)(C)C)c1. The zero-order valence-corrected chi connectivity index (χ0v) is 11.6. The van der Waals surface area contributed by atoms with Crippen LogP contribution in [0.3, 0.4) is 0 Å². The molecule has 18 heavy (non-hydrogen) atoms. The molecule has 0 fully saturated rings. The number of carbonyl (C=O) groups is 1. The maximum Gasteiger partial charge on any atom is 0.327 e. The number of aliphatic imine (C=N–C) groups is 1. The Morgan fingerprint density at radius 1 is 1.39 bits per heavy atom. The molecule has 0 aliphatic heterocycles. The smallest absolute Gasteiger partial charge is 0.327 e. The molecule has 0 heterocycles. The van der Waals surface area contributed by atoms with Gasteiger partial charge in [0, 0.05) is 6.21 Å². The maximum atomic E-state index is 11.1. The molecule has 0 unspecified atom stereocenters. The summed E-state index contributed by atoms with van der Waals surface area (Å²) in [6, 6.07) is 8.17. The summed E-state index contributed by atoms with van der Waals surface area (Å²) < 4.78 is 4.81. The highest BCUT2D eigenvalue weighted by atomic mass is 16.5. The lowest BCUT2D eigenvalue weighted by molar-refractivity contribution is -0.141. The van der Waals surface area contributed by atoms with Crippen LogP contribution in [-0.4, -0.2) is 25.3 Å². The summed E-state index contributed by atoms with van der Waals surface area (Å²) in [5.74, 6) is -0.291. The van der Waals surface area contributed by atoms with Gasteiger partial charge in [0.05, 0.1) is 6.61 Å². The monoisotopic (exact) mass is 247 g/mol. The molecule has 3 heteroatoms. The number of carbonyl (C=O) groups excluding carboxylic acids is 1. The molecule has 1 rings (SSSR count). The van der Waals surface area contributed by atoms with Crippen LogP contribution in [0, 0.1) is 0 Å². The third-order valence-electron chi connectivity index (χ3n) is 2.52. The van der Waals surface area contributed by atoms with Gasteiger partial charge in [-0.1, -0.05) is 39.0 Å². The van der Waals surface area contributed by atoms with Crippen molar-refractivity contribution in [2.75, 3.05) is 13.2 Å². The molecular weight excluding hydrogens is 226 g/mol. The minimum atomic E-state index is -0.291. The van der Waals surface area contributed by atoms with E-state index in [-0.39, 0.29) is 17.9 Å². The van der Waals surface area contributed by atoms with Crippen LogP contribution in [0.2, 0.25) is 0 Å². The van der Waals surface area contributed by atoms with Gasteiger partial charge in [0.25, 0.3) is 0 Å². The third-order valence-corrected chi connectivity index (χ3v) is 2.52. The number of nitrogens with zero attached hydrogens (tertiary/aromatic N) is 1. The zero-order valence-electron chi connectivity index (χ0n) is 11.6. The number of rotatable bonds is 4. The predicted octanol–water partition coefficient (Wildman–Crippen LogP) is 2.97. The molecule has 0 radical (unpaired) electrons. The molecule has 0 spiro atoms. The van der Waals surface area contributed by atoms with Gasteiger partial charge in [-0.05, 0) is 29.5 Å². The Balaban J connectivity index is 2.68. The van der Waals surface area contributed by atoms with Gasteiger partial charge >= 0.3 is 5.97 Å². The van der Waals surface area contributed by atoms with Gasteiger partial charge in [-0.3, -0.25) is 9.79 Å². The lowest BCUT2D eigenvalue weighted by Gasteiger charge is -2.19. The molecule has 1 aromatic carbocycles. The van der Waals surface area contributed by atoms with Crippen LogP contribution in [0.1, 0.15) is 38.8 Å². The van der Waals surface area contributed by atoms with Gasteiger partial charge in [-0.15, -0.1) is 0 Å². The van der Waals surface area contributed by atoms with Crippen LogP contribution in [0.5, 0.6) is 0 Å². The van der Waals surface area contributed by atoms with Crippen molar-refractivity contribution in [1.29, 1.82) is 0 Å². The van der Waals surface area contributed by atoms with Gasteiger partial charge in [0.1, 0.15) is 6.54 Å². The van der Waals surface area contributed by atoms with Gasteiger partial charge in [0.2, 0.25) is 0 Å². The Hall–Kier alpha value is -1.64. The van der Waals surface area contributed by atoms with Crippen molar-refractivity contribution >= 4 is 12.2 Å². The first-order valence-electron chi connectivity index (χ1n) is 6.19. The number of esters is 1. The molecular formula is C15H21NO2. The van der Waals surface area contributed by atoms with Crippen molar-refractivity contribution in [3.8, 4) is 0 Å². The van der Waals surface area contributed by atoms with E-state index in [9.17, 15) is 4.79 Å². The molecule has 0 amide bonds. The van der Waals surface area contributed by atoms with Crippen LogP contribution in [-0.2, 0) is 14.9 Å². The molecule has 0 bridgehead atoms. The Labute approximate surface area is 109 Å². The number of hydrogen-bond donors (Lipinski definition) is 0. The average molecular weight is 247 g/mol. The molecule has 0 aliphatic carbocycles. The van der Waals surface area contributed by atoms with E-state index in [1.54, 1.807) is 13.1 Å². The first-order chi connectivity index (χ1) is 8.43. The predicted molar refractivity (Wildman–Crippen MR) is 74.2 cm³/mol. The molecule has 3 nitrogen and oxygen atoms in total. The Morgan fingerprint density at radius 3 is 2.72 bits per heavy atom. The standard InChI is InChI=1S/C15H21NO2/c1-5-18-14(17)11-16-10-12-7-6-8-13(9-12)15(2,3)4/h6-10H,5,11H2,1-4H3. The van der Waals surface area contributed by atoms with Gasteiger partial charge in [-0.25, -0.2) is 0 Å². The molecule has 1 aromatic rings. The lowest BCUT2D eigenvalue weighted by atomic mass is 9.86. The third kappa shape index (κ3) is 4.70. The summed E-state index contributed by atoms with van der Waals surface area (Å²) in [5.41, 5.74) is 2.37. The zero-order chi connectivity index (χ0) is 13.6. The molecule has 0 atom stereocenters. The summed E-state index contributed by atoms with van der Waals surface area (Å²) in [6.07, 6.45) is 1.71. The number of ether oxygens (including phenoxy) is 1. The van der Waals surface area contributed by atoms with Crippen molar-refractivity contribution in [2.24, 2.45) is 4.99 Å². The summed E-state index contributed by atoms with van der Waals surface area (Å²) >= 11 is 0. The van der Waals surface area contributed by atoms with Crippen molar-refractivity contribution in [3.63, 3.8) is 0 Å². The minimum Gasteiger partial charge on any atom is -0.465 e. The van der Waals surface area contributed by atoms with E-state index in [4.69, 9.17) is 4.74 Å². The Bertz CT molecular complexity index is 430. The highest BCUT2D eigenvalue weighted by Crippen LogP contribution is 2.22. The van der Waals surface area contributed by atoms with E-state index in [0.717, 1.165) is 5.56 Å². The fraction of sp³-hybridized carbons (Fsp3) is 0.467. The second-order valence-electron chi connectivity index (χ2n) is 5.15. The minimum absolute atomic E-state index is 0.0770. The maximum absolute atomic E-state index is 11.1. The molecule has 0 aliphatic rings. The number of benzene rings is 1. The van der Waals surface area contributed by atoms with Crippen LogP contribution in [0.4, 0.5) is 0 Å². The van der Waals surface area contributed by atoms with Gasteiger partial charge < -0.3 is 4.74 Å². The normalized spacial score (nSPS) is 11.8. The molecule has 0 saturated carbocycles. The quantitative estimate of drug-likeness (QED) is 0.606. The topological polar surface area (TPSA) is 38.7 Å². The van der Waals surface area contributed by atoms with E-state index in [2.05, 4.69) is 37.9 Å². The molecule has 0 saturated heterocycles. The van der Waals surface area contributed by atoms with Crippen molar-refractivity contribution < 1.29 is 9.53 Å². The molecule has 0 aromatic heterocycles. The average Bonchev–Trinajstić information content (AvgIpc) is 2.29. The number of hydrogen-bond acceptors (Lipinski definition) is 3. The van der Waals surface area contributed by atoms with Crippen LogP contribution >= 0.6 is 0 Å². The van der Waals surface area contributed by atoms with E-state index in [1.807, 2.05) is 12.1 Å². The van der Waals surface area contributed by atoms with Crippen LogP contribution in [0.25, 0.3) is 0 Å². The van der Waals surface area contributed by atoms with Crippen molar-refractivity contribution in [1.82, 2.24) is 0 Å². The first kappa shape index (κ1) is 14.4. The Kier molecular flexibility index (Phi) is 5.08. The lowest BCUT2D eigenvalue weighted by Crippen LogP contribution is -2.11. The van der Waals surface area contributed by atoms with E-state index in [1.165, 1.54) is 5.56 Å². The van der Waals surface area contributed by atoms with E-state index >= 15 is 0 Å². The summed E-state index contributed by atoms with van der Waals surface area (Å²) in [6.45, 7) is 8.77. The van der Waals surface area contributed by atoms with Crippen LogP contribution < -0.4 is 0 Å². The summed E-state index contributed by atoms with van der Waals surface area (Å²) in [7, 11) is 0. The fourth-order valence-corrected chi connectivity index (χ4v) is 1.52. The first-order valence-corrected chi connectivity index (χ1v) is 6.19. The molecule has 98 valence electrons. The largest absolute Gasteiger partial charge is 0.465 e. The fourth-order valence-electron chi connectivity index (χ4n) is 1.52. The highest BCUT2D eigenvalue weighted by Gasteiger charge is 2.12. The van der Waals surface area contributed by atoms with Crippen molar-refractivity contribution in [2.45, 2.75) is 33.1 Å². The van der Waals surface area contributed by atoms with E-state index in [0.29, 0.717) is 6.61 Å². The van der Waals surface area contributed by atoms with Crippen LogP contribution in [0.15, 0.2) is 29.3 Å². The van der Waals surface area contributed by atoms with Gasteiger partial charge in [-0.2, -0.15) is 0 Å². The second kappa shape index (κ2) is 6.34. The summed E-state index contributed by atoms with van der Waals surface area (Å²) in [5, 5.41) is 0. The van der Waals surface area contributed by atoms with E-state index < -0.39 is 0 Å². The summed E-state index contributed by atoms with van der Waals surface area (Å²) in [4.78, 5) is 15.2. The second-order valence-corrected chi connectivity index (χ2v) is 5.15. The van der Waals surface area contributed by atoms with Gasteiger partial charge in [0.15, 0.2) is 0 Å².